The number of nitrogens with one attached hydrogen (secondary N) is 2. The van der Waals surface area contributed by atoms with Crippen LogP contribution in [0.25, 0.3) is 0 Å². The second kappa shape index (κ2) is 7.60. The highest BCUT2D eigenvalue weighted by molar-refractivity contribution is 6.00. The first kappa shape index (κ1) is 16.8. The van der Waals surface area contributed by atoms with Gasteiger partial charge in [0.25, 0.3) is 5.91 Å². The van der Waals surface area contributed by atoms with Gasteiger partial charge in [0.1, 0.15) is 5.69 Å². The van der Waals surface area contributed by atoms with Gasteiger partial charge in [0.05, 0.1) is 19.3 Å². The molecule has 1 heterocycles. The zero-order chi connectivity index (χ0) is 16.8. The fourth-order valence-electron chi connectivity index (χ4n) is 2.34. The lowest BCUT2D eigenvalue weighted by Crippen LogP contribution is -2.24. The molecule has 0 spiro atoms. The Labute approximate surface area is 134 Å². The Morgan fingerprint density at radius 1 is 1.22 bits per heavy atom. The number of amides is 1. The van der Waals surface area contributed by atoms with Gasteiger partial charge in [-0.3, -0.25) is 9.63 Å². The van der Waals surface area contributed by atoms with E-state index in [-0.39, 0.29) is 6.61 Å². The van der Waals surface area contributed by atoms with E-state index in [4.69, 9.17) is 9.57 Å². The van der Waals surface area contributed by atoms with E-state index in [0.29, 0.717) is 28.9 Å². The zero-order valence-electron chi connectivity index (χ0n) is 13.4. The standard InChI is InChI=1S/C17H20N2O4/c1-4-13-14(17(21)22-3)11(2)15(18-13)16(20)19-23-10-12-8-6-5-7-9-12/h5-9,18H,4,10H2,1-3H3,(H,19,20). The molecule has 6 nitrogen and oxygen atoms in total. The second-order valence-electron chi connectivity index (χ2n) is 5.03. The smallest absolute Gasteiger partial charge is 0.339 e. The van der Waals surface area contributed by atoms with Gasteiger partial charge in [-0.1, -0.05) is 37.3 Å². The molecule has 2 aromatic rings. The van der Waals surface area contributed by atoms with E-state index in [1.807, 2.05) is 37.3 Å². The van der Waals surface area contributed by atoms with Crippen LogP contribution in [0.1, 0.15) is 44.6 Å². The fraction of sp³-hybridized carbons (Fsp3) is 0.294. The largest absolute Gasteiger partial charge is 0.465 e. The summed E-state index contributed by atoms with van der Waals surface area (Å²) in [5.74, 6) is -0.886. The minimum absolute atomic E-state index is 0.261. The van der Waals surface area contributed by atoms with Crippen molar-refractivity contribution in [1.82, 2.24) is 10.5 Å². The third kappa shape index (κ3) is 3.78. The van der Waals surface area contributed by atoms with E-state index in [1.165, 1.54) is 7.11 Å². The monoisotopic (exact) mass is 316 g/mol. The first-order valence-corrected chi connectivity index (χ1v) is 7.34. The number of hydrogen-bond acceptors (Lipinski definition) is 4. The number of carbonyl (C=O) groups is 2. The Hall–Kier alpha value is -2.60. The molecule has 0 aliphatic heterocycles. The maximum Gasteiger partial charge on any atom is 0.339 e. The molecule has 0 saturated heterocycles. The van der Waals surface area contributed by atoms with Crippen LogP contribution in [0, 0.1) is 6.92 Å². The molecule has 122 valence electrons. The summed E-state index contributed by atoms with van der Waals surface area (Å²) in [7, 11) is 1.32. The van der Waals surface area contributed by atoms with Crippen molar-refractivity contribution in [2.45, 2.75) is 26.9 Å². The summed E-state index contributed by atoms with van der Waals surface area (Å²) >= 11 is 0. The molecular formula is C17H20N2O4. The number of H-pyrrole nitrogens is 1. The molecule has 0 atom stereocenters. The Bertz CT molecular complexity index is 692. The summed E-state index contributed by atoms with van der Waals surface area (Å²) < 4.78 is 4.77. The Morgan fingerprint density at radius 2 is 1.91 bits per heavy atom. The lowest BCUT2D eigenvalue weighted by atomic mass is 10.1. The van der Waals surface area contributed by atoms with Gasteiger partial charge in [0, 0.05) is 5.69 Å². The van der Waals surface area contributed by atoms with Crippen molar-refractivity contribution in [1.29, 1.82) is 0 Å². The topological polar surface area (TPSA) is 80.4 Å². The van der Waals surface area contributed by atoms with E-state index < -0.39 is 11.9 Å². The molecule has 1 amide bonds. The molecule has 0 unspecified atom stereocenters. The van der Waals surface area contributed by atoms with Crippen LogP contribution >= 0.6 is 0 Å². The lowest BCUT2D eigenvalue weighted by Gasteiger charge is -2.06. The first-order valence-electron chi connectivity index (χ1n) is 7.34. The van der Waals surface area contributed by atoms with E-state index in [9.17, 15) is 9.59 Å². The number of hydrogen-bond donors (Lipinski definition) is 2. The van der Waals surface area contributed by atoms with Crippen molar-refractivity contribution >= 4 is 11.9 Å². The predicted molar refractivity (Wildman–Crippen MR) is 84.9 cm³/mol. The highest BCUT2D eigenvalue weighted by atomic mass is 16.6. The van der Waals surface area contributed by atoms with Crippen molar-refractivity contribution in [3.05, 3.63) is 58.4 Å². The van der Waals surface area contributed by atoms with E-state index in [0.717, 1.165) is 5.56 Å². The van der Waals surface area contributed by atoms with Crippen LogP contribution in [0.5, 0.6) is 0 Å². The summed E-state index contributed by atoms with van der Waals surface area (Å²) in [5, 5.41) is 0. The number of carbonyl (C=O) groups excluding carboxylic acids is 2. The van der Waals surface area contributed by atoms with Crippen molar-refractivity contribution in [3.8, 4) is 0 Å². The minimum Gasteiger partial charge on any atom is -0.465 e. The number of ether oxygens (including phenoxy) is 1. The van der Waals surface area contributed by atoms with Gasteiger partial charge in [0.15, 0.2) is 0 Å². The van der Waals surface area contributed by atoms with Crippen LogP contribution in [0.4, 0.5) is 0 Å². The summed E-state index contributed by atoms with van der Waals surface area (Å²) in [5.41, 5.74) is 5.26. The molecule has 2 rings (SSSR count). The highest BCUT2D eigenvalue weighted by Gasteiger charge is 2.23. The molecule has 0 aliphatic rings. The average Bonchev–Trinajstić information content (AvgIpc) is 2.91. The summed E-state index contributed by atoms with van der Waals surface area (Å²) in [6, 6.07) is 9.50. The van der Waals surface area contributed by atoms with E-state index in [1.54, 1.807) is 6.92 Å². The normalized spacial score (nSPS) is 10.4. The van der Waals surface area contributed by atoms with Gasteiger partial charge in [-0.2, -0.15) is 0 Å². The molecule has 0 bridgehead atoms. The van der Waals surface area contributed by atoms with Crippen molar-refractivity contribution in [2.24, 2.45) is 0 Å². The van der Waals surface area contributed by atoms with Gasteiger partial charge in [-0.15, -0.1) is 0 Å². The number of rotatable bonds is 6. The van der Waals surface area contributed by atoms with E-state index in [2.05, 4.69) is 10.5 Å². The Morgan fingerprint density at radius 3 is 2.52 bits per heavy atom. The summed E-state index contributed by atoms with van der Waals surface area (Å²) in [6.07, 6.45) is 0.587. The molecule has 0 radical (unpaired) electrons. The predicted octanol–water partition coefficient (Wildman–Crippen LogP) is 2.53. The molecule has 2 N–H and O–H groups in total. The molecule has 1 aromatic heterocycles. The zero-order valence-corrected chi connectivity index (χ0v) is 13.4. The van der Waals surface area contributed by atoms with Gasteiger partial charge in [-0.25, -0.2) is 10.3 Å². The maximum atomic E-state index is 12.2. The number of aryl methyl sites for hydroxylation is 1. The Balaban J connectivity index is 2.07. The van der Waals surface area contributed by atoms with Gasteiger partial charge < -0.3 is 9.72 Å². The number of aromatic nitrogens is 1. The van der Waals surface area contributed by atoms with Crippen LogP contribution in [0.2, 0.25) is 0 Å². The second-order valence-corrected chi connectivity index (χ2v) is 5.03. The SMILES string of the molecule is CCc1[nH]c(C(=O)NOCc2ccccc2)c(C)c1C(=O)OC. The minimum atomic E-state index is -0.458. The van der Waals surface area contributed by atoms with Crippen molar-refractivity contribution in [2.75, 3.05) is 7.11 Å². The number of aromatic amines is 1. The molecule has 0 aliphatic carbocycles. The molecule has 0 saturated carbocycles. The quantitative estimate of drug-likeness (QED) is 0.634. The molecule has 0 fully saturated rings. The van der Waals surface area contributed by atoms with Gasteiger partial charge in [-0.05, 0) is 24.5 Å². The van der Waals surface area contributed by atoms with Gasteiger partial charge in [0.2, 0.25) is 0 Å². The number of hydroxylamine groups is 1. The van der Waals surface area contributed by atoms with Crippen LogP contribution in [0.15, 0.2) is 30.3 Å². The van der Waals surface area contributed by atoms with Crippen molar-refractivity contribution < 1.29 is 19.2 Å². The maximum absolute atomic E-state index is 12.2. The third-order valence-electron chi connectivity index (χ3n) is 3.54. The van der Waals surface area contributed by atoms with E-state index >= 15 is 0 Å². The first-order chi connectivity index (χ1) is 11.1. The summed E-state index contributed by atoms with van der Waals surface area (Å²) in [6.45, 7) is 3.86. The van der Waals surface area contributed by atoms with Crippen LogP contribution in [0.3, 0.4) is 0 Å². The van der Waals surface area contributed by atoms with Crippen molar-refractivity contribution in [3.63, 3.8) is 0 Å². The van der Waals surface area contributed by atoms with Crippen LogP contribution in [-0.2, 0) is 22.6 Å². The third-order valence-corrected chi connectivity index (χ3v) is 3.54. The number of benzene rings is 1. The fourth-order valence-corrected chi connectivity index (χ4v) is 2.34. The molecule has 23 heavy (non-hydrogen) atoms. The molecule has 6 heteroatoms. The summed E-state index contributed by atoms with van der Waals surface area (Å²) in [4.78, 5) is 32.3. The molecule has 1 aromatic carbocycles. The van der Waals surface area contributed by atoms with Gasteiger partial charge >= 0.3 is 5.97 Å². The number of methoxy groups -OCH3 is 1. The molecular weight excluding hydrogens is 296 g/mol. The van der Waals surface area contributed by atoms with Crippen LogP contribution < -0.4 is 5.48 Å². The Kier molecular flexibility index (Phi) is 5.54. The highest BCUT2D eigenvalue weighted by Crippen LogP contribution is 2.20. The average molecular weight is 316 g/mol. The number of esters is 1. The van der Waals surface area contributed by atoms with Crippen LogP contribution in [-0.4, -0.2) is 24.0 Å². The lowest BCUT2D eigenvalue weighted by molar-refractivity contribution is 0.0229.